The number of aryl methyl sites for hydroxylation is 1. The molecule has 0 radical (unpaired) electrons. The van der Waals surface area contributed by atoms with Gasteiger partial charge in [-0.1, -0.05) is 12.1 Å². The van der Waals surface area contributed by atoms with Gasteiger partial charge >= 0.3 is 15.9 Å². The molecule has 1 aliphatic rings. The third kappa shape index (κ3) is 2.27. The zero-order chi connectivity index (χ0) is 18.6. The molecule has 0 saturated heterocycles. The van der Waals surface area contributed by atoms with Gasteiger partial charge in [0, 0.05) is 13.1 Å². The monoisotopic (exact) mass is 374 g/mol. The molecule has 0 unspecified atom stereocenters. The summed E-state index contributed by atoms with van der Waals surface area (Å²) < 4.78 is 35.8. The second-order valence-electron chi connectivity index (χ2n) is 5.54. The molecule has 0 saturated carbocycles. The number of hydrogen-bond donors (Lipinski definition) is 0. The van der Waals surface area contributed by atoms with Gasteiger partial charge in [-0.25, -0.2) is 4.79 Å². The van der Waals surface area contributed by atoms with E-state index in [1.165, 1.54) is 35.9 Å². The number of carbonyl (C=O) groups is 2. The fourth-order valence-electron chi connectivity index (χ4n) is 2.65. The maximum atomic E-state index is 12.5. The maximum Gasteiger partial charge on any atom is 0.419 e. The van der Waals surface area contributed by atoms with E-state index in [-0.39, 0.29) is 26.7 Å². The molecule has 0 N–H and O–H groups in total. The summed E-state index contributed by atoms with van der Waals surface area (Å²) in [5.74, 6) is -2.40. The van der Waals surface area contributed by atoms with Crippen LogP contribution in [0.1, 0.15) is 20.7 Å². The zero-order valence-electron chi connectivity index (χ0n) is 13.2. The van der Waals surface area contributed by atoms with Gasteiger partial charge in [0.05, 0.1) is 21.5 Å². The molecule has 2 heterocycles. The van der Waals surface area contributed by atoms with Crippen molar-refractivity contribution in [2.24, 2.45) is 7.05 Å². The van der Waals surface area contributed by atoms with Crippen LogP contribution in [0.15, 0.2) is 56.6 Å². The average Bonchev–Trinajstić information content (AvgIpc) is 3.04. The summed E-state index contributed by atoms with van der Waals surface area (Å²) in [6.45, 7) is 0. The lowest BCUT2D eigenvalue weighted by Gasteiger charge is -2.12. The molecule has 10 heteroatoms. The first-order valence-electron chi connectivity index (χ1n) is 7.31. The van der Waals surface area contributed by atoms with Gasteiger partial charge in [0.15, 0.2) is 5.58 Å². The zero-order valence-corrected chi connectivity index (χ0v) is 14.0. The first-order valence-corrected chi connectivity index (χ1v) is 8.72. The van der Waals surface area contributed by atoms with Crippen LogP contribution in [0.5, 0.6) is 0 Å². The molecular formula is C16H10N2O7S. The van der Waals surface area contributed by atoms with E-state index in [1.807, 2.05) is 0 Å². The van der Waals surface area contributed by atoms with Crippen molar-refractivity contribution in [3.05, 3.63) is 64.1 Å². The molecule has 2 amide bonds. The summed E-state index contributed by atoms with van der Waals surface area (Å²) in [7, 11) is -3.04. The number of nitrogens with zero attached hydrogens (tertiary/aromatic N) is 2. The van der Waals surface area contributed by atoms with Gasteiger partial charge in [-0.2, -0.15) is 8.42 Å². The first-order chi connectivity index (χ1) is 12.3. The molecule has 0 spiro atoms. The van der Waals surface area contributed by atoms with Gasteiger partial charge in [0.2, 0.25) is 0 Å². The Kier molecular flexibility index (Phi) is 3.36. The Morgan fingerprint density at radius 1 is 0.962 bits per heavy atom. The van der Waals surface area contributed by atoms with Crippen LogP contribution in [-0.2, 0) is 21.4 Å². The Labute approximate surface area is 146 Å². The summed E-state index contributed by atoms with van der Waals surface area (Å²) in [5, 5.41) is 0.200. The number of benzene rings is 2. The Balaban J connectivity index is 1.71. The molecule has 0 aliphatic carbocycles. The highest BCUT2D eigenvalue weighted by Gasteiger charge is 2.40. The largest absolute Gasteiger partial charge is 0.419 e. The van der Waals surface area contributed by atoms with Crippen molar-refractivity contribution in [1.29, 1.82) is 0 Å². The van der Waals surface area contributed by atoms with Crippen molar-refractivity contribution in [2.45, 2.75) is 4.90 Å². The predicted octanol–water partition coefficient (Wildman–Crippen LogP) is 1.05. The van der Waals surface area contributed by atoms with Gasteiger partial charge in [0.25, 0.3) is 11.8 Å². The molecule has 3 aromatic rings. The molecule has 1 aromatic heterocycles. The van der Waals surface area contributed by atoms with Crippen molar-refractivity contribution < 1.29 is 26.7 Å². The number of imide groups is 1. The molecule has 132 valence electrons. The second kappa shape index (κ2) is 5.38. The third-order valence-electron chi connectivity index (χ3n) is 3.98. The van der Waals surface area contributed by atoms with Crippen LogP contribution in [-0.4, -0.2) is 29.9 Å². The molecule has 4 rings (SSSR count). The standard InChI is InChI=1S/C16H10N2O7S/c1-17-12-7-6-9(8-13(12)24-16(17)21)26(22,23)25-18-14(19)10-4-2-3-5-11(10)15(18)20/h2-8H,1H3. The summed E-state index contributed by atoms with van der Waals surface area (Å²) in [5.41, 5.74) is 0.522. The van der Waals surface area contributed by atoms with Crippen molar-refractivity contribution >= 4 is 33.0 Å². The number of aromatic nitrogens is 1. The summed E-state index contributed by atoms with van der Waals surface area (Å²) >= 11 is 0. The molecule has 0 bridgehead atoms. The van der Waals surface area contributed by atoms with E-state index in [4.69, 9.17) is 8.70 Å². The van der Waals surface area contributed by atoms with Crippen LogP contribution >= 0.6 is 0 Å². The number of oxazole rings is 1. The minimum absolute atomic E-state index is 0.0320. The number of fused-ring (bicyclic) bond motifs is 2. The molecule has 2 aromatic carbocycles. The molecule has 26 heavy (non-hydrogen) atoms. The first kappa shape index (κ1) is 16.2. The minimum Gasteiger partial charge on any atom is -0.408 e. The highest BCUT2D eigenvalue weighted by Crippen LogP contribution is 2.26. The topological polar surface area (TPSA) is 116 Å². The highest BCUT2D eigenvalue weighted by molar-refractivity contribution is 7.86. The Morgan fingerprint density at radius 2 is 1.58 bits per heavy atom. The van der Waals surface area contributed by atoms with E-state index in [2.05, 4.69) is 0 Å². The van der Waals surface area contributed by atoms with Gasteiger partial charge in [-0.3, -0.25) is 14.2 Å². The van der Waals surface area contributed by atoms with Crippen molar-refractivity contribution in [3.63, 3.8) is 0 Å². The number of carbonyl (C=O) groups excluding carboxylic acids is 2. The highest BCUT2D eigenvalue weighted by atomic mass is 32.2. The quantitative estimate of drug-likeness (QED) is 0.629. The van der Waals surface area contributed by atoms with E-state index in [0.29, 0.717) is 5.52 Å². The molecule has 9 nitrogen and oxygen atoms in total. The SMILES string of the molecule is Cn1c(=O)oc2cc(S(=O)(=O)ON3C(=O)c4ccccc4C3=O)ccc21. The van der Waals surface area contributed by atoms with E-state index in [9.17, 15) is 22.8 Å². The van der Waals surface area contributed by atoms with Crippen LogP contribution in [0.3, 0.4) is 0 Å². The van der Waals surface area contributed by atoms with Crippen LogP contribution in [0, 0.1) is 0 Å². The lowest BCUT2D eigenvalue weighted by Crippen LogP contribution is -2.32. The Hall–Kier alpha value is -3.24. The Morgan fingerprint density at radius 3 is 2.19 bits per heavy atom. The molecule has 1 aliphatic heterocycles. The summed E-state index contributed by atoms with van der Waals surface area (Å²) in [6.07, 6.45) is 0. The van der Waals surface area contributed by atoms with E-state index < -0.39 is 27.7 Å². The van der Waals surface area contributed by atoms with Crippen LogP contribution < -0.4 is 5.76 Å². The summed E-state index contributed by atoms with van der Waals surface area (Å²) in [4.78, 5) is 35.6. The van der Waals surface area contributed by atoms with Gasteiger partial charge in [0.1, 0.15) is 0 Å². The minimum atomic E-state index is -4.51. The number of amides is 2. The van der Waals surface area contributed by atoms with Crippen LogP contribution in [0.25, 0.3) is 11.1 Å². The van der Waals surface area contributed by atoms with Crippen molar-refractivity contribution in [1.82, 2.24) is 9.63 Å². The lowest BCUT2D eigenvalue weighted by molar-refractivity contribution is -0.0103. The van der Waals surface area contributed by atoms with Gasteiger partial charge in [-0.15, -0.1) is 9.35 Å². The van der Waals surface area contributed by atoms with Crippen LogP contribution in [0.2, 0.25) is 0 Å². The normalized spacial score (nSPS) is 14.3. The van der Waals surface area contributed by atoms with Gasteiger partial charge in [-0.05, 0) is 24.3 Å². The fraction of sp³-hybridized carbons (Fsp3) is 0.0625. The lowest BCUT2D eigenvalue weighted by atomic mass is 10.1. The second-order valence-corrected chi connectivity index (χ2v) is 7.06. The molecule has 0 atom stereocenters. The predicted molar refractivity (Wildman–Crippen MR) is 86.7 cm³/mol. The molecular weight excluding hydrogens is 364 g/mol. The average molecular weight is 374 g/mol. The van der Waals surface area contributed by atoms with Crippen molar-refractivity contribution in [3.8, 4) is 0 Å². The number of hydroxylamine groups is 2. The van der Waals surface area contributed by atoms with Gasteiger partial charge < -0.3 is 4.42 Å². The number of hydrogen-bond acceptors (Lipinski definition) is 7. The van der Waals surface area contributed by atoms with E-state index in [0.717, 1.165) is 6.07 Å². The van der Waals surface area contributed by atoms with E-state index >= 15 is 0 Å². The smallest absolute Gasteiger partial charge is 0.408 e. The number of rotatable bonds is 3. The maximum absolute atomic E-state index is 12.5. The molecule has 0 fully saturated rings. The van der Waals surface area contributed by atoms with E-state index in [1.54, 1.807) is 12.1 Å². The third-order valence-corrected chi connectivity index (χ3v) is 5.16. The van der Waals surface area contributed by atoms with Crippen molar-refractivity contribution in [2.75, 3.05) is 0 Å². The summed E-state index contributed by atoms with van der Waals surface area (Å²) in [6, 6.07) is 9.53. The Bertz CT molecular complexity index is 1220. The fourth-order valence-corrected chi connectivity index (χ4v) is 3.55. The van der Waals surface area contributed by atoms with Crippen LogP contribution in [0.4, 0.5) is 0 Å².